The maximum absolute atomic E-state index is 13.1. The van der Waals surface area contributed by atoms with Crippen LogP contribution >= 0.6 is 0 Å². The number of rotatable bonds is 4. The summed E-state index contributed by atoms with van der Waals surface area (Å²) in [4.78, 5) is 0. The number of primary sulfonamides is 1. The van der Waals surface area contributed by atoms with Gasteiger partial charge in [0.05, 0.1) is 11.9 Å². The third-order valence-corrected chi connectivity index (χ3v) is 2.74. The SMILES string of the molecule is NS(=O)(=O)CC[C@@H](O)c1ccccc1F. The minimum atomic E-state index is -3.62. The molecule has 0 unspecified atom stereocenters. The van der Waals surface area contributed by atoms with Gasteiger partial charge in [-0.05, 0) is 12.5 Å². The molecule has 1 aromatic rings. The average Bonchev–Trinajstić information content (AvgIpc) is 2.14. The summed E-state index contributed by atoms with van der Waals surface area (Å²) in [6, 6.07) is 5.67. The number of benzene rings is 1. The predicted octanol–water partition coefficient (Wildman–Crippen LogP) is 0.538. The van der Waals surface area contributed by atoms with Gasteiger partial charge in [-0.15, -0.1) is 0 Å². The van der Waals surface area contributed by atoms with E-state index in [1.54, 1.807) is 6.07 Å². The van der Waals surface area contributed by atoms with E-state index in [1.165, 1.54) is 18.2 Å². The molecular weight excluding hydrogens is 221 g/mol. The fraction of sp³-hybridized carbons (Fsp3) is 0.333. The standard InChI is InChI=1S/C9H12FNO3S/c10-8-4-2-1-3-7(8)9(12)5-6-15(11,13)14/h1-4,9,12H,5-6H2,(H2,11,13,14)/t9-/m1/s1. The number of sulfonamides is 1. The minimum absolute atomic E-state index is 0.0844. The summed E-state index contributed by atoms with van der Waals surface area (Å²) in [6.07, 6.45) is -1.26. The van der Waals surface area contributed by atoms with Crippen molar-refractivity contribution in [3.63, 3.8) is 0 Å². The van der Waals surface area contributed by atoms with Crippen molar-refractivity contribution in [2.75, 3.05) is 5.75 Å². The van der Waals surface area contributed by atoms with Crippen LogP contribution in [0.15, 0.2) is 24.3 Å². The first kappa shape index (κ1) is 12.1. The van der Waals surface area contributed by atoms with Gasteiger partial charge in [0.25, 0.3) is 0 Å². The molecular formula is C9H12FNO3S. The highest BCUT2D eigenvalue weighted by atomic mass is 32.2. The molecule has 6 heteroatoms. The van der Waals surface area contributed by atoms with Gasteiger partial charge in [-0.2, -0.15) is 0 Å². The molecule has 1 atom stereocenters. The van der Waals surface area contributed by atoms with Gasteiger partial charge in [0.2, 0.25) is 10.0 Å². The molecule has 4 nitrogen and oxygen atoms in total. The van der Waals surface area contributed by atoms with Crippen molar-refractivity contribution < 1.29 is 17.9 Å². The molecule has 1 rings (SSSR count). The molecule has 0 saturated carbocycles. The lowest BCUT2D eigenvalue weighted by Gasteiger charge is -2.10. The van der Waals surface area contributed by atoms with Crippen LogP contribution in [0.5, 0.6) is 0 Å². The molecule has 0 aromatic heterocycles. The number of hydrogen-bond donors (Lipinski definition) is 2. The first-order valence-corrected chi connectivity index (χ1v) is 6.04. The largest absolute Gasteiger partial charge is 0.388 e. The quantitative estimate of drug-likeness (QED) is 0.796. The highest BCUT2D eigenvalue weighted by molar-refractivity contribution is 7.89. The van der Waals surface area contributed by atoms with Gasteiger partial charge in [0.15, 0.2) is 0 Å². The maximum Gasteiger partial charge on any atom is 0.209 e. The van der Waals surface area contributed by atoms with E-state index in [9.17, 15) is 17.9 Å². The smallest absolute Gasteiger partial charge is 0.209 e. The number of aliphatic hydroxyl groups is 1. The van der Waals surface area contributed by atoms with Crippen LogP contribution in [-0.2, 0) is 10.0 Å². The van der Waals surface area contributed by atoms with Crippen LogP contribution in [0.4, 0.5) is 4.39 Å². The fourth-order valence-corrected chi connectivity index (χ4v) is 1.73. The zero-order valence-corrected chi connectivity index (χ0v) is 8.74. The summed E-state index contributed by atoms with van der Waals surface area (Å²) in [6.45, 7) is 0. The Kier molecular flexibility index (Phi) is 3.78. The summed E-state index contributed by atoms with van der Waals surface area (Å²) >= 11 is 0. The van der Waals surface area contributed by atoms with Gasteiger partial charge in [-0.3, -0.25) is 0 Å². The van der Waals surface area contributed by atoms with Gasteiger partial charge >= 0.3 is 0 Å². The second-order valence-corrected chi connectivity index (χ2v) is 4.93. The second-order valence-electron chi connectivity index (χ2n) is 3.19. The first-order chi connectivity index (χ1) is 6.90. The Labute approximate surface area is 87.6 Å². The van der Waals surface area contributed by atoms with Crippen LogP contribution in [0.1, 0.15) is 18.1 Å². The predicted molar refractivity (Wildman–Crippen MR) is 54.0 cm³/mol. The first-order valence-electron chi connectivity index (χ1n) is 4.33. The molecule has 0 fully saturated rings. The van der Waals surface area contributed by atoms with E-state index < -0.39 is 21.9 Å². The van der Waals surface area contributed by atoms with E-state index in [0.717, 1.165) is 0 Å². The van der Waals surface area contributed by atoms with Crippen molar-refractivity contribution in [2.24, 2.45) is 5.14 Å². The van der Waals surface area contributed by atoms with Crippen LogP contribution in [0.3, 0.4) is 0 Å². The van der Waals surface area contributed by atoms with E-state index in [4.69, 9.17) is 5.14 Å². The van der Waals surface area contributed by atoms with Crippen LogP contribution in [0.25, 0.3) is 0 Å². The molecule has 0 radical (unpaired) electrons. The number of nitrogens with two attached hydrogens (primary N) is 1. The van der Waals surface area contributed by atoms with E-state index >= 15 is 0 Å². The van der Waals surface area contributed by atoms with Crippen LogP contribution in [-0.4, -0.2) is 19.3 Å². The number of halogens is 1. The van der Waals surface area contributed by atoms with Crippen molar-refractivity contribution in [2.45, 2.75) is 12.5 Å². The summed E-state index contributed by atoms with van der Waals surface area (Å²) < 4.78 is 34.4. The summed E-state index contributed by atoms with van der Waals surface area (Å²) in [5.41, 5.74) is 0.0844. The van der Waals surface area contributed by atoms with Gasteiger partial charge < -0.3 is 5.11 Å². The van der Waals surface area contributed by atoms with Crippen molar-refractivity contribution in [3.8, 4) is 0 Å². The average molecular weight is 233 g/mol. The summed E-state index contributed by atoms with van der Waals surface area (Å²) in [5.74, 6) is -0.929. The Bertz CT molecular complexity index is 433. The Morgan fingerprint density at radius 1 is 1.40 bits per heavy atom. The molecule has 0 aliphatic heterocycles. The van der Waals surface area contributed by atoms with Gasteiger partial charge in [-0.25, -0.2) is 17.9 Å². The lowest BCUT2D eigenvalue weighted by Crippen LogP contribution is -2.18. The van der Waals surface area contributed by atoms with Gasteiger partial charge in [0.1, 0.15) is 5.82 Å². The zero-order valence-electron chi connectivity index (χ0n) is 7.93. The fourth-order valence-electron chi connectivity index (χ4n) is 1.18. The molecule has 0 amide bonds. The van der Waals surface area contributed by atoms with Crippen molar-refractivity contribution in [1.29, 1.82) is 0 Å². The zero-order chi connectivity index (χ0) is 11.5. The molecule has 0 aliphatic rings. The normalized spacial score (nSPS) is 13.8. The highest BCUT2D eigenvalue weighted by Crippen LogP contribution is 2.19. The van der Waals surface area contributed by atoms with Crippen molar-refractivity contribution in [3.05, 3.63) is 35.6 Å². The molecule has 84 valence electrons. The van der Waals surface area contributed by atoms with Crippen LogP contribution < -0.4 is 5.14 Å². The molecule has 0 spiro atoms. The Morgan fingerprint density at radius 2 is 2.00 bits per heavy atom. The van der Waals surface area contributed by atoms with E-state index in [2.05, 4.69) is 0 Å². The lowest BCUT2D eigenvalue weighted by atomic mass is 10.1. The molecule has 15 heavy (non-hydrogen) atoms. The Morgan fingerprint density at radius 3 is 2.53 bits per heavy atom. The summed E-state index contributed by atoms with van der Waals surface area (Å²) in [5, 5.41) is 14.3. The van der Waals surface area contributed by atoms with Crippen LogP contribution in [0.2, 0.25) is 0 Å². The van der Waals surface area contributed by atoms with E-state index in [-0.39, 0.29) is 17.7 Å². The number of hydrogen-bond acceptors (Lipinski definition) is 3. The molecule has 1 aromatic carbocycles. The Balaban J connectivity index is 2.70. The Hall–Kier alpha value is -0.980. The van der Waals surface area contributed by atoms with Crippen molar-refractivity contribution >= 4 is 10.0 Å². The molecule has 0 heterocycles. The molecule has 0 aliphatic carbocycles. The minimum Gasteiger partial charge on any atom is -0.388 e. The maximum atomic E-state index is 13.1. The third-order valence-electron chi connectivity index (χ3n) is 1.94. The van der Waals surface area contributed by atoms with E-state index in [1.807, 2.05) is 0 Å². The molecule has 0 bridgehead atoms. The molecule has 0 saturated heterocycles. The van der Waals surface area contributed by atoms with Gasteiger partial charge in [-0.1, -0.05) is 18.2 Å². The second kappa shape index (κ2) is 4.69. The lowest BCUT2D eigenvalue weighted by molar-refractivity contribution is 0.169. The summed E-state index contributed by atoms with van der Waals surface area (Å²) in [7, 11) is -3.62. The number of aliphatic hydroxyl groups excluding tert-OH is 1. The van der Waals surface area contributed by atoms with Crippen LogP contribution in [0, 0.1) is 5.82 Å². The highest BCUT2D eigenvalue weighted by Gasteiger charge is 2.14. The topological polar surface area (TPSA) is 80.4 Å². The third kappa shape index (κ3) is 3.94. The van der Waals surface area contributed by atoms with Gasteiger partial charge in [0, 0.05) is 5.56 Å². The van der Waals surface area contributed by atoms with E-state index in [0.29, 0.717) is 0 Å². The monoisotopic (exact) mass is 233 g/mol. The van der Waals surface area contributed by atoms with Crippen molar-refractivity contribution in [1.82, 2.24) is 0 Å². The molecule has 3 N–H and O–H groups in total.